The molecular weight excluding hydrogens is 443 g/mol. The summed E-state index contributed by atoms with van der Waals surface area (Å²) in [6.45, 7) is 2.62. The van der Waals surface area contributed by atoms with E-state index in [0.29, 0.717) is 27.3 Å². The first kappa shape index (κ1) is 18.7. The van der Waals surface area contributed by atoms with Gasteiger partial charge in [0.2, 0.25) is 0 Å². The number of nitrogens with one attached hydrogen (secondary N) is 1. The number of esters is 1. The van der Waals surface area contributed by atoms with E-state index in [0.717, 1.165) is 22.1 Å². The minimum Gasteiger partial charge on any atom is -0.497 e. The molecule has 6 nitrogen and oxygen atoms in total. The highest BCUT2D eigenvalue weighted by Crippen LogP contribution is 2.38. The van der Waals surface area contributed by atoms with Crippen molar-refractivity contribution in [1.29, 1.82) is 0 Å². The molecule has 0 aliphatic heterocycles. The number of ether oxygens (including phenoxy) is 3. The number of methoxy groups -OCH3 is 2. The van der Waals surface area contributed by atoms with Crippen LogP contribution in [-0.4, -0.2) is 26.8 Å². The number of carbonyl (C=O) groups is 1. The monoisotopic (exact) mass is 462 g/mol. The first-order valence-corrected chi connectivity index (χ1v) is 9.11. The average molecular weight is 462 g/mol. The van der Waals surface area contributed by atoms with Crippen molar-refractivity contribution in [2.24, 2.45) is 0 Å². The lowest BCUT2D eigenvalue weighted by atomic mass is 10.2. The zero-order valence-electron chi connectivity index (χ0n) is 13.6. The molecular formula is C16H19IN2O4S. The highest BCUT2D eigenvalue weighted by molar-refractivity contribution is 14.1. The van der Waals surface area contributed by atoms with E-state index in [1.807, 2.05) is 18.2 Å². The van der Waals surface area contributed by atoms with Crippen molar-refractivity contribution in [3.8, 4) is 11.5 Å². The molecule has 1 aromatic carbocycles. The third-order valence-electron chi connectivity index (χ3n) is 3.28. The Balaban J connectivity index is 2.18. The summed E-state index contributed by atoms with van der Waals surface area (Å²) in [7, 11) is 3.22. The topological polar surface area (TPSA) is 82.8 Å². The van der Waals surface area contributed by atoms with Crippen LogP contribution in [0.3, 0.4) is 0 Å². The molecule has 2 aromatic rings. The number of rotatable bonds is 7. The Hall–Kier alpha value is -1.68. The van der Waals surface area contributed by atoms with Crippen LogP contribution in [0.4, 0.5) is 10.7 Å². The van der Waals surface area contributed by atoms with Crippen molar-refractivity contribution in [3.05, 3.63) is 32.2 Å². The van der Waals surface area contributed by atoms with Crippen LogP contribution >= 0.6 is 33.9 Å². The van der Waals surface area contributed by atoms with Gasteiger partial charge < -0.3 is 25.3 Å². The predicted octanol–water partition coefficient (Wildman–Crippen LogP) is 3.74. The Bertz CT molecular complexity index is 733. The van der Waals surface area contributed by atoms with Crippen molar-refractivity contribution in [1.82, 2.24) is 0 Å². The first-order valence-electron chi connectivity index (χ1n) is 7.21. The number of hydrogen-bond donors (Lipinski definition) is 2. The molecule has 3 N–H and O–H groups in total. The van der Waals surface area contributed by atoms with Gasteiger partial charge in [0.15, 0.2) is 0 Å². The van der Waals surface area contributed by atoms with E-state index in [9.17, 15) is 4.79 Å². The second kappa shape index (κ2) is 8.43. The molecule has 8 heteroatoms. The first-order chi connectivity index (χ1) is 11.5. The fourth-order valence-electron chi connectivity index (χ4n) is 2.06. The van der Waals surface area contributed by atoms with Crippen molar-refractivity contribution >= 4 is 50.6 Å². The van der Waals surface area contributed by atoms with Gasteiger partial charge in [0.25, 0.3) is 0 Å². The van der Waals surface area contributed by atoms with Crippen LogP contribution in [0.2, 0.25) is 0 Å². The Morgan fingerprint density at radius 3 is 2.71 bits per heavy atom. The summed E-state index contributed by atoms with van der Waals surface area (Å²) < 4.78 is 16.3. The van der Waals surface area contributed by atoms with Crippen LogP contribution in [0, 0.1) is 3.57 Å². The molecule has 2 rings (SSSR count). The van der Waals surface area contributed by atoms with E-state index in [2.05, 4.69) is 27.9 Å². The quantitative estimate of drug-likeness (QED) is 0.482. The standard InChI is InChI=1S/C16H19IN2O4S/c1-4-23-16(20)14-12(17)13(18)15(24-14)19-8-9-5-6-10(21-2)7-11(9)22-3/h5-7,19H,4,8,18H2,1-3H3. The minimum absolute atomic E-state index is 0.332. The molecule has 24 heavy (non-hydrogen) atoms. The maximum Gasteiger partial charge on any atom is 0.349 e. The van der Waals surface area contributed by atoms with Gasteiger partial charge in [0, 0.05) is 18.2 Å². The van der Waals surface area contributed by atoms with Crippen LogP contribution in [0.5, 0.6) is 11.5 Å². The van der Waals surface area contributed by atoms with Gasteiger partial charge in [-0.2, -0.15) is 0 Å². The summed E-state index contributed by atoms with van der Waals surface area (Å²) >= 11 is 3.35. The Morgan fingerprint density at radius 2 is 2.08 bits per heavy atom. The van der Waals surface area contributed by atoms with Crippen molar-refractivity contribution < 1.29 is 19.0 Å². The maximum atomic E-state index is 11.9. The average Bonchev–Trinajstić information content (AvgIpc) is 2.88. The molecule has 1 heterocycles. The molecule has 1 aromatic heterocycles. The second-order valence-corrected chi connectivity index (χ2v) is 6.84. The molecule has 130 valence electrons. The van der Waals surface area contributed by atoms with Gasteiger partial charge in [-0.3, -0.25) is 0 Å². The number of thiophene rings is 1. The number of nitrogens with two attached hydrogens (primary N) is 1. The number of hydrogen-bond acceptors (Lipinski definition) is 7. The van der Waals surface area contributed by atoms with Crippen molar-refractivity contribution in [2.75, 3.05) is 31.9 Å². The highest BCUT2D eigenvalue weighted by atomic mass is 127. The van der Waals surface area contributed by atoms with Crippen LogP contribution < -0.4 is 20.5 Å². The van der Waals surface area contributed by atoms with Crippen molar-refractivity contribution in [3.63, 3.8) is 0 Å². The van der Waals surface area contributed by atoms with Crippen LogP contribution in [0.1, 0.15) is 22.2 Å². The summed E-state index contributed by atoms with van der Waals surface area (Å²) in [4.78, 5) is 12.5. The largest absolute Gasteiger partial charge is 0.497 e. The normalized spacial score (nSPS) is 10.3. The van der Waals surface area contributed by atoms with E-state index in [-0.39, 0.29) is 5.97 Å². The molecule has 0 bridgehead atoms. The fourth-order valence-corrected chi connectivity index (χ4v) is 3.96. The van der Waals surface area contributed by atoms with Gasteiger partial charge in [-0.25, -0.2) is 4.79 Å². The molecule has 0 saturated heterocycles. The van der Waals surface area contributed by atoms with Crippen molar-refractivity contribution in [2.45, 2.75) is 13.5 Å². The number of nitrogen functional groups attached to an aromatic ring is 1. The molecule has 0 saturated carbocycles. The molecule has 0 amide bonds. The Labute approximate surface area is 158 Å². The number of carbonyl (C=O) groups excluding carboxylic acids is 1. The molecule has 0 atom stereocenters. The number of benzene rings is 1. The summed E-state index contributed by atoms with van der Waals surface area (Å²) in [5.41, 5.74) is 7.61. The predicted molar refractivity (Wildman–Crippen MR) is 104 cm³/mol. The molecule has 0 aliphatic rings. The zero-order chi connectivity index (χ0) is 17.7. The lowest BCUT2D eigenvalue weighted by Gasteiger charge is -2.11. The van der Waals surface area contributed by atoms with Crippen LogP contribution in [-0.2, 0) is 11.3 Å². The number of halogens is 1. The van der Waals surface area contributed by atoms with E-state index in [1.165, 1.54) is 11.3 Å². The Morgan fingerprint density at radius 1 is 1.33 bits per heavy atom. The van der Waals surface area contributed by atoms with Crippen LogP contribution in [0.15, 0.2) is 18.2 Å². The summed E-state index contributed by atoms with van der Waals surface area (Å²) in [5.74, 6) is 1.09. The van der Waals surface area contributed by atoms with E-state index < -0.39 is 0 Å². The van der Waals surface area contributed by atoms with Gasteiger partial charge in [-0.1, -0.05) is 0 Å². The molecule has 0 spiro atoms. The van der Waals surface area contributed by atoms with E-state index in [4.69, 9.17) is 19.9 Å². The lowest BCUT2D eigenvalue weighted by molar-refractivity contribution is 0.0531. The van der Waals surface area contributed by atoms with E-state index in [1.54, 1.807) is 21.1 Å². The fraction of sp³-hybridized carbons (Fsp3) is 0.312. The summed E-state index contributed by atoms with van der Waals surface area (Å²) in [6, 6.07) is 5.61. The van der Waals surface area contributed by atoms with Gasteiger partial charge in [0.1, 0.15) is 21.4 Å². The zero-order valence-corrected chi connectivity index (χ0v) is 16.6. The molecule has 0 fully saturated rings. The SMILES string of the molecule is CCOC(=O)c1sc(NCc2ccc(OC)cc2OC)c(N)c1I. The van der Waals surface area contributed by atoms with Gasteiger partial charge >= 0.3 is 5.97 Å². The third-order valence-corrected chi connectivity index (χ3v) is 5.91. The molecule has 0 aliphatic carbocycles. The van der Waals surface area contributed by atoms with Gasteiger partial charge in [-0.15, -0.1) is 11.3 Å². The molecule has 0 radical (unpaired) electrons. The number of anilines is 2. The summed E-state index contributed by atoms with van der Waals surface area (Å²) in [5, 5.41) is 4.00. The Kier molecular flexibility index (Phi) is 6.55. The lowest BCUT2D eigenvalue weighted by Crippen LogP contribution is -2.04. The van der Waals surface area contributed by atoms with Gasteiger partial charge in [0.05, 0.1) is 30.1 Å². The second-order valence-electron chi connectivity index (χ2n) is 4.74. The summed E-state index contributed by atoms with van der Waals surface area (Å²) in [6.07, 6.45) is 0. The maximum absolute atomic E-state index is 11.9. The van der Waals surface area contributed by atoms with Gasteiger partial charge in [-0.05, 0) is 41.6 Å². The molecule has 0 unspecified atom stereocenters. The van der Waals surface area contributed by atoms with Crippen LogP contribution in [0.25, 0.3) is 0 Å². The minimum atomic E-state index is -0.353. The third kappa shape index (κ3) is 4.04. The smallest absolute Gasteiger partial charge is 0.349 e. The highest BCUT2D eigenvalue weighted by Gasteiger charge is 2.20. The van der Waals surface area contributed by atoms with E-state index >= 15 is 0 Å².